The molecule has 3 heterocycles. The molecular weight excluding hydrogens is 374 g/mol. The van der Waals surface area contributed by atoms with E-state index in [4.69, 9.17) is 14.5 Å². The first-order valence-corrected chi connectivity index (χ1v) is 9.60. The van der Waals surface area contributed by atoms with Crippen LogP contribution >= 0.6 is 0 Å². The Balaban J connectivity index is 2.04. The summed E-state index contributed by atoms with van der Waals surface area (Å²) in [4.78, 5) is 32.4. The lowest BCUT2D eigenvalue weighted by molar-refractivity contribution is 0.399. The molecule has 9 nitrogen and oxygen atoms in total. The van der Waals surface area contributed by atoms with E-state index in [9.17, 15) is 9.59 Å². The third kappa shape index (κ3) is 2.80. The molecule has 0 radical (unpaired) electrons. The molecule has 1 aliphatic rings. The summed E-state index contributed by atoms with van der Waals surface area (Å²) in [6.45, 7) is 5.56. The maximum atomic E-state index is 13.1. The van der Waals surface area contributed by atoms with Crippen molar-refractivity contribution in [1.82, 2.24) is 18.7 Å². The van der Waals surface area contributed by atoms with Crippen molar-refractivity contribution in [3.63, 3.8) is 0 Å². The van der Waals surface area contributed by atoms with Crippen molar-refractivity contribution in [3.8, 4) is 11.5 Å². The smallest absolute Gasteiger partial charge is 0.332 e. The van der Waals surface area contributed by atoms with E-state index in [0.717, 1.165) is 5.69 Å². The van der Waals surface area contributed by atoms with Gasteiger partial charge in [0.15, 0.2) is 11.2 Å². The molecule has 0 bridgehead atoms. The van der Waals surface area contributed by atoms with Crippen molar-refractivity contribution in [2.75, 3.05) is 25.7 Å². The van der Waals surface area contributed by atoms with Crippen LogP contribution in [-0.4, -0.2) is 39.4 Å². The first-order chi connectivity index (χ1) is 13.9. The Bertz CT molecular complexity index is 1210. The molecule has 4 rings (SSSR count). The van der Waals surface area contributed by atoms with Gasteiger partial charge in [-0.2, -0.15) is 4.98 Å². The highest BCUT2D eigenvalue weighted by Gasteiger charge is 2.31. The van der Waals surface area contributed by atoms with Crippen molar-refractivity contribution in [1.29, 1.82) is 0 Å². The van der Waals surface area contributed by atoms with Gasteiger partial charge >= 0.3 is 5.69 Å². The Morgan fingerprint density at radius 3 is 2.59 bits per heavy atom. The predicted octanol–water partition coefficient (Wildman–Crippen LogP) is 1.72. The molecule has 0 fully saturated rings. The van der Waals surface area contributed by atoms with Gasteiger partial charge in [-0.15, -0.1) is 0 Å². The second kappa shape index (κ2) is 6.98. The molecule has 0 unspecified atom stereocenters. The molecule has 154 valence electrons. The molecule has 0 spiro atoms. The van der Waals surface area contributed by atoms with Crippen molar-refractivity contribution < 1.29 is 9.47 Å². The molecule has 0 N–H and O–H groups in total. The van der Waals surface area contributed by atoms with Crippen LogP contribution in [0, 0.1) is 5.92 Å². The Morgan fingerprint density at radius 1 is 1.17 bits per heavy atom. The average Bonchev–Trinajstić information content (AvgIpc) is 3.11. The van der Waals surface area contributed by atoms with Gasteiger partial charge in [0, 0.05) is 32.7 Å². The molecular formula is C20H25N5O4. The molecule has 3 aromatic rings. The maximum Gasteiger partial charge on any atom is 0.332 e. The van der Waals surface area contributed by atoms with E-state index >= 15 is 0 Å². The number of nitrogens with zero attached hydrogens (tertiary/aromatic N) is 5. The Morgan fingerprint density at radius 2 is 1.93 bits per heavy atom. The first-order valence-electron chi connectivity index (χ1n) is 9.60. The van der Waals surface area contributed by atoms with Gasteiger partial charge in [-0.05, 0) is 25.0 Å². The number of aryl methyl sites for hydroxylation is 1. The topological polar surface area (TPSA) is 83.5 Å². The van der Waals surface area contributed by atoms with Crippen LogP contribution in [0.3, 0.4) is 0 Å². The van der Waals surface area contributed by atoms with E-state index in [1.165, 1.54) is 9.13 Å². The van der Waals surface area contributed by atoms with Gasteiger partial charge in [0.1, 0.15) is 11.5 Å². The zero-order chi connectivity index (χ0) is 20.9. The summed E-state index contributed by atoms with van der Waals surface area (Å²) in [5.74, 6) is 2.24. The third-order valence-corrected chi connectivity index (χ3v) is 5.44. The molecule has 0 aliphatic carbocycles. The number of rotatable bonds is 4. The monoisotopic (exact) mass is 399 g/mol. The van der Waals surface area contributed by atoms with Crippen molar-refractivity contribution >= 4 is 22.8 Å². The molecule has 0 amide bonds. The summed E-state index contributed by atoms with van der Waals surface area (Å²) >= 11 is 0. The minimum absolute atomic E-state index is 0.252. The van der Waals surface area contributed by atoms with E-state index in [2.05, 4.69) is 6.92 Å². The summed E-state index contributed by atoms with van der Waals surface area (Å²) in [5, 5.41) is 0. The zero-order valence-electron chi connectivity index (χ0n) is 17.3. The first kappa shape index (κ1) is 19.1. The van der Waals surface area contributed by atoms with Crippen molar-refractivity contribution in [2.45, 2.75) is 26.9 Å². The van der Waals surface area contributed by atoms with Gasteiger partial charge in [0.2, 0.25) is 5.95 Å². The Hall–Kier alpha value is -3.23. The van der Waals surface area contributed by atoms with Crippen LogP contribution in [0.5, 0.6) is 11.5 Å². The van der Waals surface area contributed by atoms with Crippen LogP contribution in [0.4, 0.5) is 11.6 Å². The summed E-state index contributed by atoms with van der Waals surface area (Å²) in [6.07, 6.45) is 0. The van der Waals surface area contributed by atoms with E-state index in [1.54, 1.807) is 28.2 Å². The minimum atomic E-state index is -0.362. The van der Waals surface area contributed by atoms with Crippen molar-refractivity contribution in [2.24, 2.45) is 13.0 Å². The lowest BCUT2D eigenvalue weighted by atomic mass is 10.1. The fraction of sp³-hybridized carbons (Fsp3) is 0.450. The summed E-state index contributed by atoms with van der Waals surface area (Å²) in [5.41, 5.74) is 0.966. The average molecular weight is 399 g/mol. The van der Waals surface area contributed by atoms with Gasteiger partial charge in [-0.3, -0.25) is 13.9 Å². The van der Waals surface area contributed by atoms with Crippen LogP contribution in [0.25, 0.3) is 11.2 Å². The van der Waals surface area contributed by atoms with Crippen LogP contribution in [0.2, 0.25) is 0 Å². The number of methoxy groups -OCH3 is 2. The van der Waals surface area contributed by atoms with Gasteiger partial charge in [-0.1, -0.05) is 6.92 Å². The molecule has 1 atom stereocenters. The Labute approximate surface area is 167 Å². The standard InChI is InChI=1S/C20H25N5O4/c1-6-23-18(26)16-17(22(3)20(23)27)21-19-24(10-12(2)11-25(16)19)14-9-13(28-4)7-8-15(14)29-5/h7-9,12H,6,10-11H2,1-5H3/t12-/m1/s1. The lowest BCUT2D eigenvalue weighted by Gasteiger charge is -2.33. The second-order valence-corrected chi connectivity index (χ2v) is 7.34. The van der Waals surface area contributed by atoms with Crippen molar-refractivity contribution in [3.05, 3.63) is 39.0 Å². The SMILES string of the molecule is CCn1c(=O)c2c(nc3n2C[C@H](C)CN3c2cc(OC)ccc2OC)n(C)c1=O. The lowest BCUT2D eigenvalue weighted by Crippen LogP contribution is -2.40. The number of hydrogen-bond acceptors (Lipinski definition) is 6. The normalized spacial score (nSPS) is 16.2. The molecule has 1 aromatic carbocycles. The molecule has 0 saturated carbocycles. The highest BCUT2D eigenvalue weighted by Crippen LogP contribution is 2.39. The van der Waals surface area contributed by atoms with Gasteiger partial charge in [0.05, 0.1) is 19.9 Å². The number of hydrogen-bond donors (Lipinski definition) is 0. The molecule has 29 heavy (non-hydrogen) atoms. The number of benzene rings is 1. The third-order valence-electron chi connectivity index (χ3n) is 5.44. The number of anilines is 2. The minimum Gasteiger partial charge on any atom is -0.497 e. The van der Waals surface area contributed by atoms with E-state index in [0.29, 0.717) is 48.2 Å². The number of fused-ring (bicyclic) bond motifs is 3. The fourth-order valence-corrected chi connectivity index (χ4v) is 3.99. The summed E-state index contributed by atoms with van der Waals surface area (Å²) in [6, 6.07) is 5.58. The van der Waals surface area contributed by atoms with E-state index in [1.807, 2.05) is 27.7 Å². The van der Waals surface area contributed by atoms with Gasteiger partial charge in [-0.25, -0.2) is 4.79 Å². The van der Waals surface area contributed by atoms with Crippen LogP contribution in [0.15, 0.2) is 27.8 Å². The van der Waals surface area contributed by atoms with E-state index in [-0.39, 0.29) is 17.2 Å². The molecule has 1 aliphatic heterocycles. The van der Waals surface area contributed by atoms with Crippen LogP contribution in [0.1, 0.15) is 13.8 Å². The fourth-order valence-electron chi connectivity index (χ4n) is 3.99. The van der Waals surface area contributed by atoms with Gasteiger partial charge < -0.3 is 18.9 Å². The quantitative estimate of drug-likeness (QED) is 0.664. The predicted molar refractivity (Wildman–Crippen MR) is 111 cm³/mol. The number of ether oxygens (including phenoxy) is 2. The number of imidazole rings is 1. The summed E-state index contributed by atoms with van der Waals surface area (Å²) in [7, 11) is 4.88. The van der Waals surface area contributed by atoms with E-state index < -0.39 is 0 Å². The largest absolute Gasteiger partial charge is 0.497 e. The Kier molecular flexibility index (Phi) is 4.60. The maximum absolute atomic E-state index is 13.1. The molecule has 2 aromatic heterocycles. The second-order valence-electron chi connectivity index (χ2n) is 7.34. The van der Waals surface area contributed by atoms with Crippen LogP contribution < -0.4 is 25.6 Å². The summed E-state index contributed by atoms with van der Waals surface area (Å²) < 4.78 is 15.6. The highest BCUT2D eigenvalue weighted by atomic mass is 16.5. The molecule has 0 saturated heterocycles. The van der Waals surface area contributed by atoms with Gasteiger partial charge in [0.25, 0.3) is 5.56 Å². The highest BCUT2D eigenvalue weighted by molar-refractivity contribution is 5.78. The number of aromatic nitrogens is 4. The molecule has 9 heteroatoms. The van der Waals surface area contributed by atoms with Crippen LogP contribution in [-0.2, 0) is 20.1 Å². The zero-order valence-corrected chi connectivity index (χ0v) is 17.3.